The van der Waals surface area contributed by atoms with Crippen molar-refractivity contribution in [3.8, 4) is 11.1 Å². The Balaban J connectivity index is 2.04. The van der Waals surface area contributed by atoms with E-state index in [2.05, 4.69) is 39.9 Å². The third-order valence-electron chi connectivity index (χ3n) is 2.65. The molecule has 0 aliphatic carbocycles. The molecule has 0 aliphatic heterocycles. The fourth-order valence-corrected chi connectivity index (χ4v) is 1.70. The second-order valence-corrected chi connectivity index (χ2v) is 4.27. The molecule has 0 aliphatic rings. The molecule has 3 nitrogen and oxygen atoms in total. The van der Waals surface area contributed by atoms with Gasteiger partial charge < -0.3 is 10.6 Å². The summed E-state index contributed by atoms with van der Waals surface area (Å²) in [5, 5.41) is 6.66. The average Bonchev–Trinajstić information content (AvgIpc) is 2.46. The average molecular weight is 257 g/mol. The van der Waals surface area contributed by atoms with Gasteiger partial charge in [-0.1, -0.05) is 24.3 Å². The van der Waals surface area contributed by atoms with Crippen molar-refractivity contribution >= 4 is 17.3 Å². The summed E-state index contributed by atoms with van der Waals surface area (Å²) in [7, 11) is 1.81. The summed E-state index contributed by atoms with van der Waals surface area (Å²) in [5.74, 6) is 0. The van der Waals surface area contributed by atoms with E-state index >= 15 is 0 Å². The van der Waals surface area contributed by atoms with E-state index in [1.54, 1.807) is 12.4 Å². The molecule has 1 aromatic heterocycles. The summed E-state index contributed by atoms with van der Waals surface area (Å²) in [6.07, 6.45) is 3.60. The molecule has 2 aromatic rings. The Kier molecular flexibility index (Phi) is 4.25. The van der Waals surface area contributed by atoms with Crippen LogP contribution >= 0.6 is 12.2 Å². The van der Waals surface area contributed by atoms with E-state index in [1.807, 2.05) is 19.2 Å². The topological polar surface area (TPSA) is 37.0 Å². The van der Waals surface area contributed by atoms with Crippen LogP contribution in [0.1, 0.15) is 5.56 Å². The number of thiocarbonyl (C=S) groups is 1. The minimum absolute atomic E-state index is 0.660. The van der Waals surface area contributed by atoms with E-state index < -0.39 is 0 Å². The van der Waals surface area contributed by atoms with Crippen molar-refractivity contribution in [1.82, 2.24) is 15.6 Å². The van der Waals surface area contributed by atoms with Gasteiger partial charge in [-0.15, -0.1) is 0 Å². The van der Waals surface area contributed by atoms with Crippen molar-refractivity contribution in [3.63, 3.8) is 0 Å². The number of hydrogen-bond donors (Lipinski definition) is 2. The van der Waals surface area contributed by atoms with E-state index in [-0.39, 0.29) is 0 Å². The highest BCUT2D eigenvalue weighted by Crippen LogP contribution is 2.18. The molecule has 0 amide bonds. The number of rotatable bonds is 3. The normalized spacial score (nSPS) is 9.83. The Labute approximate surface area is 112 Å². The summed E-state index contributed by atoms with van der Waals surface area (Å²) < 4.78 is 0. The van der Waals surface area contributed by atoms with Crippen LogP contribution in [0, 0.1) is 0 Å². The van der Waals surface area contributed by atoms with Crippen molar-refractivity contribution in [2.24, 2.45) is 0 Å². The van der Waals surface area contributed by atoms with Crippen molar-refractivity contribution in [2.75, 3.05) is 7.05 Å². The van der Waals surface area contributed by atoms with Crippen LogP contribution in [0.5, 0.6) is 0 Å². The lowest BCUT2D eigenvalue weighted by Crippen LogP contribution is -2.31. The van der Waals surface area contributed by atoms with Crippen LogP contribution < -0.4 is 10.6 Å². The maximum absolute atomic E-state index is 5.03. The van der Waals surface area contributed by atoms with Gasteiger partial charge in [0, 0.05) is 26.0 Å². The minimum atomic E-state index is 0.660. The van der Waals surface area contributed by atoms with Gasteiger partial charge in [-0.2, -0.15) is 0 Å². The molecule has 2 rings (SSSR count). The maximum Gasteiger partial charge on any atom is 0.166 e. The summed E-state index contributed by atoms with van der Waals surface area (Å²) >= 11 is 5.03. The maximum atomic E-state index is 5.03. The van der Waals surface area contributed by atoms with E-state index in [9.17, 15) is 0 Å². The number of hydrogen-bond acceptors (Lipinski definition) is 2. The van der Waals surface area contributed by atoms with Gasteiger partial charge in [0.2, 0.25) is 0 Å². The predicted molar refractivity (Wildman–Crippen MR) is 78.2 cm³/mol. The molecule has 0 fully saturated rings. The van der Waals surface area contributed by atoms with Crippen LogP contribution in [0.4, 0.5) is 0 Å². The molecule has 92 valence electrons. The number of benzene rings is 1. The number of nitrogens with one attached hydrogen (secondary N) is 2. The highest BCUT2D eigenvalue weighted by molar-refractivity contribution is 7.80. The van der Waals surface area contributed by atoms with Crippen LogP contribution in [0.25, 0.3) is 11.1 Å². The van der Waals surface area contributed by atoms with Crippen molar-refractivity contribution in [3.05, 3.63) is 54.4 Å². The summed E-state index contributed by atoms with van der Waals surface area (Å²) in [4.78, 5) is 4.02. The molecular formula is C14H15N3S. The molecule has 0 atom stereocenters. The third kappa shape index (κ3) is 3.28. The Hall–Kier alpha value is -1.94. The smallest absolute Gasteiger partial charge is 0.166 e. The van der Waals surface area contributed by atoms with E-state index in [0.717, 1.165) is 6.54 Å². The quantitative estimate of drug-likeness (QED) is 0.828. The van der Waals surface area contributed by atoms with Gasteiger partial charge >= 0.3 is 0 Å². The molecular weight excluding hydrogens is 242 g/mol. The molecule has 1 heterocycles. The fraction of sp³-hybridized carbons (Fsp3) is 0.143. The first-order valence-corrected chi connectivity index (χ1v) is 6.15. The molecule has 0 radical (unpaired) electrons. The lowest BCUT2D eigenvalue weighted by atomic mass is 10.1. The van der Waals surface area contributed by atoms with Gasteiger partial charge in [-0.3, -0.25) is 4.98 Å². The van der Waals surface area contributed by atoms with E-state index in [0.29, 0.717) is 5.11 Å². The Bertz CT molecular complexity index is 508. The first-order chi connectivity index (χ1) is 8.79. The van der Waals surface area contributed by atoms with Gasteiger partial charge in [-0.25, -0.2) is 0 Å². The zero-order chi connectivity index (χ0) is 12.8. The molecule has 1 aromatic carbocycles. The van der Waals surface area contributed by atoms with E-state index in [4.69, 9.17) is 12.2 Å². The Morgan fingerprint density at radius 1 is 1.06 bits per heavy atom. The van der Waals surface area contributed by atoms with Crippen LogP contribution in [0.15, 0.2) is 48.8 Å². The van der Waals surface area contributed by atoms with Crippen LogP contribution in [-0.2, 0) is 6.54 Å². The summed E-state index contributed by atoms with van der Waals surface area (Å²) in [5.41, 5.74) is 3.57. The van der Waals surface area contributed by atoms with Crippen LogP contribution in [-0.4, -0.2) is 17.1 Å². The van der Waals surface area contributed by atoms with Crippen LogP contribution in [0.3, 0.4) is 0 Å². The lowest BCUT2D eigenvalue weighted by molar-refractivity contribution is 0.891. The van der Waals surface area contributed by atoms with E-state index in [1.165, 1.54) is 16.7 Å². The fourth-order valence-electron chi connectivity index (χ4n) is 1.63. The highest BCUT2D eigenvalue weighted by Gasteiger charge is 1.98. The largest absolute Gasteiger partial charge is 0.366 e. The summed E-state index contributed by atoms with van der Waals surface area (Å²) in [6, 6.07) is 12.4. The molecule has 0 saturated carbocycles. The summed E-state index contributed by atoms with van der Waals surface area (Å²) in [6.45, 7) is 0.732. The molecule has 0 saturated heterocycles. The number of pyridine rings is 1. The molecule has 0 bridgehead atoms. The van der Waals surface area contributed by atoms with Crippen molar-refractivity contribution < 1.29 is 0 Å². The predicted octanol–water partition coefficient (Wildman–Crippen LogP) is 2.34. The standard InChI is InChI=1S/C14H15N3S/c1-15-14(18)17-10-11-2-4-12(5-3-11)13-6-8-16-9-7-13/h2-9H,10H2,1H3,(H2,15,17,18). The first kappa shape index (κ1) is 12.5. The highest BCUT2D eigenvalue weighted by atomic mass is 32.1. The van der Waals surface area contributed by atoms with Gasteiger partial charge in [0.1, 0.15) is 0 Å². The first-order valence-electron chi connectivity index (χ1n) is 5.74. The number of aromatic nitrogens is 1. The van der Waals surface area contributed by atoms with Gasteiger partial charge in [0.05, 0.1) is 0 Å². The second kappa shape index (κ2) is 6.12. The van der Waals surface area contributed by atoms with Crippen LogP contribution in [0.2, 0.25) is 0 Å². The molecule has 4 heteroatoms. The lowest BCUT2D eigenvalue weighted by Gasteiger charge is -2.08. The van der Waals surface area contributed by atoms with Gasteiger partial charge in [0.15, 0.2) is 5.11 Å². The third-order valence-corrected chi connectivity index (χ3v) is 3.00. The minimum Gasteiger partial charge on any atom is -0.366 e. The molecule has 0 unspecified atom stereocenters. The van der Waals surface area contributed by atoms with Gasteiger partial charge in [-0.05, 0) is 41.0 Å². The SMILES string of the molecule is CNC(=S)NCc1ccc(-c2ccncc2)cc1. The molecule has 0 spiro atoms. The molecule has 2 N–H and O–H groups in total. The second-order valence-electron chi connectivity index (χ2n) is 3.87. The monoisotopic (exact) mass is 257 g/mol. The number of nitrogens with zero attached hydrogens (tertiary/aromatic N) is 1. The van der Waals surface area contributed by atoms with Crippen molar-refractivity contribution in [2.45, 2.75) is 6.54 Å². The Morgan fingerprint density at radius 3 is 2.28 bits per heavy atom. The van der Waals surface area contributed by atoms with Gasteiger partial charge in [0.25, 0.3) is 0 Å². The zero-order valence-electron chi connectivity index (χ0n) is 10.2. The Morgan fingerprint density at radius 2 is 1.67 bits per heavy atom. The van der Waals surface area contributed by atoms with Crippen molar-refractivity contribution in [1.29, 1.82) is 0 Å². The molecule has 18 heavy (non-hydrogen) atoms. The zero-order valence-corrected chi connectivity index (χ0v) is 11.0.